The first-order chi connectivity index (χ1) is 11.7. The molecule has 0 heterocycles. The summed E-state index contributed by atoms with van der Waals surface area (Å²) in [6.45, 7) is 2.25. The van der Waals surface area contributed by atoms with Crippen LogP contribution in [0.5, 0.6) is 11.5 Å². The van der Waals surface area contributed by atoms with E-state index >= 15 is 0 Å². The lowest BCUT2D eigenvalue weighted by Gasteiger charge is -2.21. The molecule has 7 heteroatoms. The minimum Gasteiger partial charge on any atom is -1.00 e. The van der Waals surface area contributed by atoms with E-state index in [1.165, 1.54) is 0 Å². The monoisotopic (exact) mass is 379 g/mol. The van der Waals surface area contributed by atoms with Crippen LogP contribution in [0.15, 0.2) is 34.5 Å². The van der Waals surface area contributed by atoms with Gasteiger partial charge in [0.15, 0.2) is 12.3 Å². The SMILES string of the molecule is CCCCc1c(O)c(N=NC(=O)C[N+](C)(C)C)c2ccccc2c1O.[Cl-]. The highest BCUT2D eigenvalue weighted by molar-refractivity contribution is 6.00. The number of nitrogens with zero attached hydrogens (tertiary/aromatic N) is 3. The summed E-state index contributed by atoms with van der Waals surface area (Å²) in [6.07, 6.45) is 2.30. The van der Waals surface area contributed by atoms with Crippen molar-refractivity contribution in [2.24, 2.45) is 10.2 Å². The number of azo groups is 1. The van der Waals surface area contributed by atoms with Gasteiger partial charge in [0.1, 0.15) is 11.4 Å². The van der Waals surface area contributed by atoms with Crippen molar-refractivity contribution in [2.75, 3.05) is 27.7 Å². The van der Waals surface area contributed by atoms with Crippen LogP contribution in [-0.2, 0) is 11.2 Å². The predicted octanol–water partition coefficient (Wildman–Crippen LogP) is 0.914. The molecule has 2 N–H and O–H groups in total. The van der Waals surface area contributed by atoms with Crippen molar-refractivity contribution in [2.45, 2.75) is 26.2 Å². The molecule has 0 atom stereocenters. The van der Waals surface area contributed by atoms with Gasteiger partial charge in [-0.15, -0.1) is 10.2 Å². The van der Waals surface area contributed by atoms with Gasteiger partial charge in [0.05, 0.1) is 21.1 Å². The Morgan fingerprint density at radius 2 is 1.69 bits per heavy atom. The van der Waals surface area contributed by atoms with Crippen LogP contribution in [0.2, 0.25) is 0 Å². The number of amides is 1. The number of likely N-dealkylation sites (N-methyl/N-ethyl adjacent to an activating group) is 1. The van der Waals surface area contributed by atoms with Gasteiger partial charge in [-0.1, -0.05) is 37.6 Å². The molecule has 2 aromatic carbocycles. The Balaban J connectivity index is 0.00000338. The maximum atomic E-state index is 12.0. The zero-order valence-corrected chi connectivity index (χ0v) is 16.4. The summed E-state index contributed by atoms with van der Waals surface area (Å²) in [5.74, 6) is -0.399. The topological polar surface area (TPSA) is 82.2 Å². The minimum absolute atomic E-state index is 0. The molecule has 0 spiro atoms. The molecule has 26 heavy (non-hydrogen) atoms. The zero-order valence-electron chi connectivity index (χ0n) is 15.7. The maximum absolute atomic E-state index is 12.0. The molecule has 0 saturated carbocycles. The molecule has 0 aliphatic heterocycles. The van der Waals surface area contributed by atoms with Gasteiger partial charge in [-0.05, 0) is 12.8 Å². The van der Waals surface area contributed by atoms with Gasteiger partial charge in [-0.25, -0.2) is 0 Å². The predicted molar refractivity (Wildman–Crippen MR) is 98.3 cm³/mol. The standard InChI is InChI=1S/C19H25N3O3.ClH/c1-5-6-9-15-18(24)14-11-8-7-10-13(14)17(19(15)25)21-20-16(23)12-22(2,3)4;/h7-8,10-11H,5-6,9,12H2,1-4H3,(H-,20,23,24,25);1H. The molecule has 6 nitrogen and oxygen atoms in total. The minimum atomic E-state index is -0.362. The number of rotatable bonds is 6. The zero-order chi connectivity index (χ0) is 18.6. The van der Waals surface area contributed by atoms with Gasteiger partial charge < -0.3 is 27.1 Å². The number of phenols is 2. The van der Waals surface area contributed by atoms with Gasteiger partial charge >= 0.3 is 5.91 Å². The van der Waals surface area contributed by atoms with Crippen LogP contribution in [0, 0.1) is 0 Å². The van der Waals surface area contributed by atoms with Gasteiger partial charge in [0.2, 0.25) is 0 Å². The highest BCUT2D eigenvalue weighted by Gasteiger charge is 2.19. The third-order valence-corrected chi connectivity index (χ3v) is 3.88. The van der Waals surface area contributed by atoms with E-state index in [9.17, 15) is 15.0 Å². The lowest BCUT2D eigenvalue weighted by molar-refractivity contribution is -0.862. The molecule has 0 bridgehead atoms. The first-order valence-corrected chi connectivity index (χ1v) is 8.45. The molecule has 2 aromatic rings. The summed E-state index contributed by atoms with van der Waals surface area (Å²) in [6, 6.07) is 7.12. The van der Waals surface area contributed by atoms with E-state index in [-0.39, 0.29) is 42.0 Å². The largest absolute Gasteiger partial charge is 1.00 e. The number of hydrogen-bond acceptors (Lipinski definition) is 4. The Morgan fingerprint density at radius 3 is 2.27 bits per heavy atom. The van der Waals surface area contributed by atoms with E-state index in [1.807, 2.05) is 34.1 Å². The number of phenolic OH excluding ortho intramolecular Hbond substituents is 2. The van der Waals surface area contributed by atoms with E-state index in [2.05, 4.69) is 10.2 Å². The lowest BCUT2D eigenvalue weighted by atomic mass is 9.98. The number of halogens is 1. The second-order valence-corrected chi connectivity index (χ2v) is 7.22. The Morgan fingerprint density at radius 1 is 1.08 bits per heavy atom. The molecule has 0 aliphatic carbocycles. The lowest BCUT2D eigenvalue weighted by Crippen LogP contribution is -3.00. The molecule has 142 valence electrons. The third-order valence-electron chi connectivity index (χ3n) is 3.88. The van der Waals surface area contributed by atoms with Crippen molar-refractivity contribution in [3.8, 4) is 11.5 Å². The summed E-state index contributed by atoms with van der Waals surface area (Å²) in [5.41, 5.74) is 0.683. The van der Waals surface area contributed by atoms with Crippen molar-refractivity contribution in [1.82, 2.24) is 0 Å². The van der Waals surface area contributed by atoms with Crippen LogP contribution in [0.1, 0.15) is 25.3 Å². The average Bonchev–Trinajstić information content (AvgIpc) is 2.53. The van der Waals surface area contributed by atoms with Crippen LogP contribution in [0.3, 0.4) is 0 Å². The number of fused-ring (bicyclic) bond motifs is 1. The quantitative estimate of drug-likeness (QED) is 0.578. The fourth-order valence-corrected chi connectivity index (χ4v) is 2.68. The maximum Gasteiger partial charge on any atom is 0.319 e. The molecule has 0 fully saturated rings. The first kappa shape index (κ1) is 21.9. The van der Waals surface area contributed by atoms with Gasteiger partial charge in [-0.3, -0.25) is 4.79 Å². The van der Waals surface area contributed by atoms with Gasteiger partial charge in [-0.2, -0.15) is 0 Å². The van der Waals surface area contributed by atoms with E-state index < -0.39 is 0 Å². The number of unbranched alkanes of at least 4 members (excludes halogenated alkanes) is 1. The second-order valence-electron chi connectivity index (χ2n) is 7.22. The molecule has 1 amide bonds. The van der Waals surface area contributed by atoms with Crippen LogP contribution in [0.4, 0.5) is 5.69 Å². The Hall–Kier alpha value is -2.18. The van der Waals surface area contributed by atoms with E-state index in [0.717, 1.165) is 12.8 Å². The fourth-order valence-electron chi connectivity index (χ4n) is 2.68. The number of benzene rings is 2. The number of carbonyl (C=O) groups excluding carboxylic acids is 1. The Bertz CT molecular complexity index is 814. The van der Waals surface area contributed by atoms with Crippen molar-refractivity contribution < 1.29 is 31.9 Å². The van der Waals surface area contributed by atoms with Crippen LogP contribution in [-0.4, -0.2) is 48.3 Å². The number of carbonyl (C=O) groups is 1. The Kier molecular flexibility index (Phi) is 7.54. The number of aromatic hydroxyl groups is 2. The third kappa shape index (κ3) is 5.16. The Labute approximate surface area is 160 Å². The second kappa shape index (κ2) is 8.96. The average molecular weight is 380 g/mol. The van der Waals surface area contributed by atoms with Crippen LogP contribution < -0.4 is 12.4 Å². The molecule has 0 aromatic heterocycles. The highest BCUT2D eigenvalue weighted by atomic mass is 35.5. The smallest absolute Gasteiger partial charge is 0.319 e. The molecule has 0 radical (unpaired) electrons. The summed E-state index contributed by atoms with van der Waals surface area (Å²) >= 11 is 0. The van der Waals surface area contributed by atoms with Crippen molar-refractivity contribution in [3.63, 3.8) is 0 Å². The van der Waals surface area contributed by atoms with Crippen LogP contribution >= 0.6 is 0 Å². The molecule has 0 unspecified atom stereocenters. The van der Waals surface area contributed by atoms with E-state index in [4.69, 9.17) is 0 Å². The fraction of sp³-hybridized carbons (Fsp3) is 0.421. The molecule has 2 rings (SSSR count). The van der Waals surface area contributed by atoms with Crippen molar-refractivity contribution in [3.05, 3.63) is 29.8 Å². The molecular formula is C19H26ClN3O3. The van der Waals surface area contributed by atoms with E-state index in [1.54, 1.807) is 18.2 Å². The van der Waals surface area contributed by atoms with E-state index in [0.29, 0.717) is 27.2 Å². The summed E-state index contributed by atoms with van der Waals surface area (Å²) in [5, 5.41) is 30.1. The normalized spacial score (nSPS) is 11.7. The van der Waals surface area contributed by atoms with Gasteiger partial charge in [0.25, 0.3) is 0 Å². The molecular weight excluding hydrogens is 354 g/mol. The molecule has 0 saturated heterocycles. The van der Waals surface area contributed by atoms with Gasteiger partial charge in [0, 0.05) is 16.3 Å². The number of hydrogen-bond donors (Lipinski definition) is 2. The first-order valence-electron chi connectivity index (χ1n) is 8.45. The van der Waals surface area contributed by atoms with Crippen molar-refractivity contribution in [1.29, 1.82) is 0 Å². The van der Waals surface area contributed by atoms with Crippen LogP contribution in [0.25, 0.3) is 10.8 Å². The number of quaternary nitrogens is 1. The molecule has 0 aliphatic rings. The van der Waals surface area contributed by atoms with Crippen molar-refractivity contribution >= 4 is 22.4 Å². The summed E-state index contributed by atoms with van der Waals surface area (Å²) in [4.78, 5) is 12.0. The highest BCUT2D eigenvalue weighted by Crippen LogP contribution is 2.45. The summed E-state index contributed by atoms with van der Waals surface area (Å²) in [7, 11) is 5.68. The summed E-state index contributed by atoms with van der Waals surface area (Å²) < 4.78 is 0.446.